The van der Waals surface area contributed by atoms with E-state index in [1.165, 1.54) is 0 Å². The van der Waals surface area contributed by atoms with Crippen molar-refractivity contribution >= 4 is 22.5 Å². The predicted molar refractivity (Wildman–Crippen MR) is 106 cm³/mol. The van der Waals surface area contributed by atoms with Crippen molar-refractivity contribution in [3.8, 4) is 17.4 Å². The van der Waals surface area contributed by atoms with Gasteiger partial charge in [-0.2, -0.15) is 5.10 Å². The molecule has 2 amide bonds. The predicted octanol–water partition coefficient (Wildman–Crippen LogP) is 3.43. The SMILES string of the molecule is O=C(Nc1ccc2c(c1)OCO2)N1CCC(Oc2nncc3ccccc23)CC1. The summed E-state index contributed by atoms with van der Waals surface area (Å²) in [4.78, 5) is 14.4. The van der Waals surface area contributed by atoms with Crippen LogP contribution in [0.4, 0.5) is 10.5 Å². The maximum atomic E-state index is 12.6. The summed E-state index contributed by atoms with van der Waals surface area (Å²) in [5, 5.41) is 13.0. The third-order valence-corrected chi connectivity index (χ3v) is 5.17. The molecule has 29 heavy (non-hydrogen) atoms. The average Bonchev–Trinajstić information content (AvgIpc) is 3.22. The van der Waals surface area contributed by atoms with E-state index in [1.807, 2.05) is 24.3 Å². The summed E-state index contributed by atoms with van der Waals surface area (Å²) in [7, 11) is 0. The van der Waals surface area contributed by atoms with Crippen LogP contribution in [-0.2, 0) is 0 Å². The number of amides is 2. The zero-order chi connectivity index (χ0) is 19.6. The summed E-state index contributed by atoms with van der Waals surface area (Å²) in [6, 6.07) is 13.1. The van der Waals surface area contributed by atoms with E-state index in [1.54, 1.807) is 29.3 Å². The molecule has 3 aromatic rings. The van der Waals surface area contributed by atoms with Crippen LogP contribution < -0.4 is 19.5 Å². The zero-order valence-corrected chi connectivity index (χ0v) is 15.7. The zero-order valence-electron chi connectivity index (χ0n) is 15.7. The lowest BCUT2D eigenvalue weighted by Crippen LogP contribution is -2.43. The Morgan fingerprint density at radius 3 is 2.83 bits per heavy atom. The number of rotatable bonds is 3. The van der Waals surface area contributed by atoms with Gasteiger partial charge in [0.25, 0.3) is 0 Å². The van der Waals surface area contributed by atoms with Crippen LogP contribution >= 0.6 is 0 Å². The van der Waals surface area contributed by atoms with Crippen LogP contribution in [0.15, 0.2) is 48.7 Å². The van der Waals surface area contributed by atoms with Gasteiger partial charge in [-0.3, -0.25) is 0 Å². The van der Waals surface area contributed by atoms with Crippen LogP contribution in [0.5, 0.6) is 17.4 Å². The molecule has 0 radical (unpaired) electrons. The molecular weight excluding hydrogens is 372 g/mol. The van der Waals surface area contributed by atoms with Crippen molar-refractivity contribution in [2.75, 3.05) is 25.2 Å². The summed E-state index contributed by atoms with van der Waals surface area (Å²) in [5.41, 5.74) is 0.684. The van der Waals surface area contributed by atoms with E-state index in [0.717, 1.165) is 23.6 Å². The first-order chi connectivity index (χ1) is 14.3. The van der Waals surface area contributed by atoms with E-state index in [9.17, 15) is 4.79 Å². The van der Waals surface area contributed by atoms with E-state index in [-0.39, 0.29) is 18.9 Å². The number of carbonyl (C=O) groups excluding carboxylic acids is 1. The largest absolute Gasteiger partial charge is 0.473 e. The lowest BCUT2D eigenvalue weighted by molar-refractivity contribution is 0.112. The molecule has 1 N–H and O–H groups in total. The Balaban J connectivity index is 1.18. The Kier molecular flexibility index (Phi) is 4.51. The number of nitrogens with one attached hydrogen (secondary N) is 1. The molecule has 0 spiro atoms. The van der Waals surface area contributed by atoms with Crippen molar-refractivity contribution in [3.63, 3.8) is 0 Å². The summed E-state index contributed by atoms with van der Waals surface area (Å²) >= 11 is 0. The Hall–Kier alpha value is -3.55. The average molecular weight is 392 g/mol. The normalized spacial score (nSPS) is 16.1. The molecule has 8 heteroatoms. The van der Waals surface area contributed by atoms with Crippen molar-refractivity contribution in [2.45, 2.75) is 18.9 Å². The van der Waals surface area contributed by atoms with Gasteiger partial charge in [-0.05, 0) is 18.2 Å². The number of hydrogen-bond donors (Lipinski definition) is 1. The number of ether oxygens (including phenoxy) is 3. The van der Waals surface area contributed by atoms with Gasteiger partial charge in [0.1, 0.15) is 6.10 Å². The van der Waals surface area contributed by atoms with Crippen molar-refractivity contribution < 1.29 is 19.0 Å². The Labute approximate surface area is 167 Å². The molecule has 0 atom stereocenters. The molecule has 2 aliphatic heterocycles. The number of anilines is 1. The maximum Gasteiger partial charge on any atom is 0.321 e. The molecule has 2 aromatic carbocycles. The fourth-order valence-electron chi connectivity index (χ4n) is 3.60. The molecule has 2 aliphatic rings. The van der Waals surface area contributed by atoms with Crippen LogP contribution in [0.3, 0.4) is 0 Å². The number of carbonyl (C=O) groups is 1. The lowest BCUT2D eigenvalue weighted by Gasteiger charge is -2.32. The third-order valence-electron chi connectivity index (χ3n) is 5.17. The minimum Gasteiger partial charge on any atom is -0.473 e. The molecule has 0 saturated carbocycles. The third kappa shape index (κ3) is 3.61. The van der Waals surface area contributed by atoms with Gasteiger partial charge in [0.05, 0.1) is 6.20 Å². The van der Waals surface area contributed by atoms with E-state index < -0.39 is 0 Å². The highest BCUT2D eigenvalue weighted by molar-refractivity contribution is 5.90. The molecule has 0 unspecified atom stereocenters. The quantitative estimate of drug-likeness (QED) is 0.735. The van der Waals surface area contributed by atoms with Gasteiger partial charge in [0.15, 0.2) is 11.5 Å². The van der Waals surface area contributed by atoms with E-state index >= 15 is 0 Å². The standard InChI is InChI=1S/C21H20N4O4/c26-21(23-15-5-6-18-19(11-15)28-13-27-18)25-9-7-16(8-10-25)29-20-17-4-2-1-3-14(17)12-22-24-20/h1-6,11-12,16H,7-10,13H2,(H,23,26). The number of likely N-dealkylation sites (tertiary alicyclic amines) is 1. The topological polar surface area (TPSA) is 85.8 Å². The Bertz CT molecular complexity index is 1040. The highest BCUT2D eigenvalue weighted by Crippen LogP contribution is 2.34. The number of fused-ring (bicyclic) bond motifs is 2. The van der Waals surface area contributed by atoms with Crippen LogP contribution in [0, 0.1) is 0 Å². The second-order valence-electron chi connectivity index (χ2n) is 7.04. The smallest absolute Gasteiger partial charge is 0.321 e. The molecule has 8 nitrogen and oxygen atoms in total. The first kappa shape index (κ1) is 17.5. The molecule has 5 rings (SSSR count). The summed E-state index contributed by atoms with van der Waals surface area (Å²) < 4.78 is 16.7. The lowest BCUT2D eigenvalue weighted by atomic mass is 10.1. The van der Waals surface area contributed by atoms with Gasteiger partial charge in [0, 0.05) is 48.5 Å². The van der Waals surface area contributed by atoms with Crippen LogP contribution in [0.25, 0.3) is 10.8 Å². The number of hydrogen-bond acceptors (Lipinski definition) is 6. The molecule has 0 aliphatic carbocycles. The maximum absolute atomic E-state index is 12.6. The molecule has 1 aromatic heterocycles. The minimum absolute atomic E-state index is 0.00435. The molecule has 148 valence electrons. The van der Waals surface area contributed by atoms with Crippen LogP contribution in [0.1, 0.15) is 12.8 Å². The van der Waals surface area contributed by atoms with E-state index in [2.05, 4.69) is 15.5 Å². The Morgan fingerprint density at radius 1 is 1.10 bits per heavy atom. The summed E-state index contributed by atoms with van der Waals surface area (Å²) in [6.45, 7) is 1.43. The number of benzene rings is 2. The first-order valence-corrected chi connectivity index (χ1v) is 9.59. The van der Waals surface area contributed by atoms with Crippen molar-refractivity contribution in [2.24, 2.45) is 0 Å². The van der Waals surface area contributed by atoms with Gasteiger partial charge in [-0.1, -0.05) is 18.2 Å². The monoisotopic (exact) mass is 392 g/mol. The Morgan fingerprint density at radius 2 is 1.93 bits per heavy atom. The number of aromatic nitrogens is 2. The summed E-state index contributed by atoms with van der Waals surface area (Å²) in [6.07, 6.45) is 3.20. The fraction of sp³-hybridized carbons (Fsp3) is 0.286. The van der Waals surface area contributed by atoms with E-state index in [4.69, 9.17) is 14.2 Å². The molecule has 0 bridgehead atoms. The van der Waals surface area contributed by atoms with Gasteiger partial charge in [-0.15, -0.1) is 5.10 Å². The minimum atomic E-state index is -0.132. The summed E-state index contributed by atoms with van der Waals surface area (Å²) in [5.74, 6) is 1.88. The van der Waals surface area contributed by atoms with Crippen LogP contribution in [0.2, 0.25) is 0 Å². The van der Waals surface area contributed by atoms with Crippen molar-refractivity contribution in [3.05, 3.63) is 48.7 Å². The fourth-order valence-corrected chi connectivity index (χ4v) is 3.60. The first-order valence-electron chi connectivity index (χ1n) is 9.59. The number of piperidine rings is 1. The van der Waals surface area contributed by atoms with Gasteiger partial charge < -0.3 is 24.4 Å². The highest BCUT2D eigenvalue weighted by Gasteiger charge is 2.25. The van der Waals surface area contributed by atoms with Gasteiger partial charge >= 0.3 is 6.03 Å². The number of urea groups is 1. The van der Waals surface area contributed by atoms with Gasteiger partial charge in [0.2, 0.25) is 12.7 Å². The second kappa shape index (κ2) is 7.46. The molecular formula is C21H20N4O4. The second-order valence-corrected chi connectivity index (χ2v) is 7.04. The van der Waals surface area contributed by atoms with Gasteiger partial charge in [-0.25, -0.2) is 4.79 Å². The molecule has 3 heterocycles. The number of nitrogens with zero attached hydrogens (tertiary/aromatic N) is 3. The molecule has 1 fully saturated rings. The van der Waals surface area contributed by atoms with Crippen molar-refractivity contribution in [1.82, 2.24) is 15.1 Å². The van der Waals surface area contributed by atoms with Crippen LogP contribution in [-0.4, -0.2) is 47.1 Å². The molecule has 1 saturated heterocycles. The van der Waals surface area contributed by atoms with Crippen molar-refractivity contribution in [1.29, 1.82) is 0 Å². The van der Waals surface area contributed by atoms with E-state index in [0.29, 0.717) is 36.2 Å². The highest BCUT2D eigenvalue weighted by atomic mass is 16.7.